The van der Waals surface area contributed by atoms with Crippen LogP contribution in [0, 0.1) is 6.92 Å². The van der Waals surface area contributed by atoms with E-state index in [1.54, 1.807) is 13.0 Å². The topological polar surface area (TPSA) is 0 Å². The first-order valence-electron chi connectivity index (χ1n) is 4.02. The first-order chi connectivity index (χ1) is 6.24. The van der Waals surface area contributed by atoms with Gasteiger partial charge in [0.05, 0.1) is 0 Å². The van der Waals surface area contributed by atoms with E-state index in [2.05, 4.69) is 0 Å². The number of hydrogen-bond donors (Lipinski definition) is 0. The molecular formula is C10H11F3. The van der Waals surface area contributed by atoms with Crippen LogP contribution in [0.5, 0.6) is 0 Å². The number of benzene rings is 1. The Kier molecular flexibility index (Phi) is 3.34. The zero-order valence-electron chi connectivity index (χ0n) is 7.41. The van der Waals surface area contributed by atoms with E-state index in [-0.39, 0.29) is 16.7 Å². The van der Waals surface area contributed by atoms with E-state index in [9.17, 15) is 13.2 Å². The molecule has 72 valence electrons. The van der Waals surface area contributed by atoms with Gasteiger partial charge >= 0.3 is 0 Å². The van der Waals surface area contributed by atoms with Crippen LogP contribution in [-0.4, -0.2) is 0 Å². The van der Waals surface area contributed by atoms with E-state index in [0.29, 0.717) is 5.56 Å². The van der Waals surface area contributed by atoms with Crippen molar-refractivity contribution in [2.24, 2.45) is 0 Å². The zero-order valence-corrected chi connectivity index (χ0v) is 7.41. The molecule has 0 saturated carbocycles. The second kappa shape index (κ2) is 4.30. The first-order valence-corrected chi connectivity index (χ1v) is 4.02. The van der Waals surface area contributed by atoms with Gasteiger partial charge in [-0.2, -0.15) is 0 Å². The van der Waals surface area contributed by atoms with Crippen LogP contribution in [0.3, 0.4) is 0 Å². The van der Waals surface area contributed by atoms with Crippen LogP contribution in [0.2, 0.25) is 0 Å². The molecule has 0 heterocycles. The second-order valence-electron chi connectivity index (χ2n) is 2.90. The third-order valence-corrected chi connectivity index (χ3v) is 2.17. The van der Waals surface area contributed by atoms with Crippen LogP contribution >= 0.6 is 0 Å². The van der Waals surface area contributed by atoms with Crippen LogP contribution in [0.15, 0.2) is 12.1 Å². The lowest BCUT2D eigenvalue weighted by Crippen LogP contribution is -1.98. The van der Waals surface area contributed by atoms with Gasteiger partial charge in [0, 0.05) is 0 Å². The van der Waals surface area contributed by atoms with Crippen molar-refractivity contribution in [2.75, 3.05) is 0 Å². The third-order valence-electron chi connectivity index (χ3n) is 2.17. The summed E-state index contributed by atoms with van der Waals surface area (Å²) in [6.07, 6.45) is 0. The molecule has 0 radical (unpaired) electrons. The lowest BCUT2D eigenvalue weighted by Gasteiger charge is -2.10. The molecule has 0 spiro atoms. The van der Waals surface area contributed by atoms with Crippen LogP contribution in [-0.2, 0) is 20.0 Å². The van der Waals surface area contributed by atoms with E-state index in [4.69, 9.17) is 0 Å². The lowest BCUT2D eigenvalue weighted by molar-refractivity contribution is 0.435. The Labute approximate surface area is 75.4 Å². The van der Waals surface area contributed by atoms with E-state index >= 15 is 0 Å². The zero-order chi connectivity index (χ0) is 9.84. The maximum absolute atomic E-state index is 12.5. The highest BCUT2D eigenvalue weighted by atomic mass is 19.1. The standard InChI is InChI=1S/C10H11F3/c1-7-2-3-8(4-11)10(6-13)9(7)5-12/h2-3H,4-6H2,1H3. The summed E-state index contributed by atoms with van der Waals surface area (Å²) in [5.74, 6) is 0. The van der Waals surface area contributed by atoms with Crippen molar-refractivity contribution in [3.63, 3.8) is 0 Å². The fourth-order valence-corrected chi connectivity index (χ4v) is 1.34. The van der Waals surface area contributed by atoms with Crippen LogP contribution < -0.4 is 0 Å². The van der Waals surface area contributed by atoms with Crippen molar-refractivity contribution in [3.8, 4) is 0 Å². The second-order valence-corrected chi connectivity index (χ2v) is 2.90. The Hall–Kier alpha value is -0.990. The molecule has 3 heteroatoms. The molecule has 0 aliphatic rings. The van der Waals surface area contributed by atoms with Crippen molar-refractivity contribution in [1.29, 1.82) is 0 Å². The van der Waals surface area contributed by atoms with Gasteiger partial charge < -0.3 is 0 Å². The minimum atomic E-state index is -0.805. The monoisotopic (exact) mass is 188 g/mol. The van der Waals surface area contributed by atoms with Gasteiger partial charge in [0.15, 0.2) is 0 Å². The molecule has 0 amide bonds. The Bertz CT molecular complexity index is 294. The maximum Gasteiger partial charge on any atom is 0.115 e. The van der Waals surface area contributed by atoms with Crippen molar-refractivity contribution in [3.05, 3.63) is 34.4 Å². The molecule has 0 atom stereocenters. The van der Waals surface area contributed by atoms with Crippen molar-refractivity contribution in [1.82, 2.24) is 0 Å². The van der Waals surface area contributed by atoms with Crippen LogP contribution in [0.1, 0.15) is 22.3 Å². The summed E-state index contributed by atoms with van der Waals surface area (Å²) in [5.41, 5.74) is 1.38. The summed E-state index contributed by atoms with van der Waals surface area (Å²) >= 11 is 0. The summed E-state index contributed by atoms with van der Waals surface area (Å²) in [4.78, 5) is 0. The predicted molar refractivity (Wildman–Crippen MR) is 45.6 cm³/mol. The predicted octanol–water partition coefficient (Wildman–Crippen LogP) is 3.40. The van der Waals surface area contributed by atoms with E-state index in [0.717, 1.165) is 0 Å². The molecule has 0 aliphatic heterocycles. The van der Waals surface area contributed by atoms with Gasteiger partial charge in [0.1, 0.15) is 20.0 Å². The average molecular weight is 188 g/mol. The van der Waals surface area contributed by atoms with E-state index < -0.39 is 20.0 Å². The van der Waals surface area contributed by atoms with Gasteiger partial charge in [-0.15, -0.1) is 0 Å². The largest absolute Gasteiger partial charge is 0.246 e. The first kappa shape index (κ1) is 10.1. The molecule has 0 saturated heterocycles. The molecule has 0 N–H and O–H groups in total. The van der Waals surface area contributed by atoms with Crippen LogP contribution in [0.25, 0.3) is 0 Å². The molecule has 13 heavy (non-hydrogen) atoms. The molecule has 0 nitrogen and oxygen atoms in total. The number of rotatable bonds is 3. The number of alkyl halides is 3. The van der Waals surface area contributed by atoms with Crippen LogP contribution in [0.4, 0.5) is 13.2 Å². The molecular weight excluding hydrogens is 177 g/mol. The fraction of sp³-hybridized carbons (Fsp3) is 0.400. The normalized spacial score (nSPS) is 10.5. The molecule has 1 rings (SSSR count). The van der Waals surface area contributed by atoms with Crippen molar-refractivity contribution >= 4 is 0 Å². The molecule has 1 aromatic carbocycles. The minimum Gasteiger partial charge on any atom is -0.246 e. The molecule has 0 aromatic heterocycles. The van der Waals surface area contributed by atoms with E-state index in [1.807, 2.05) is 0 Å². The summed E-state index contributed by atoms with van der Waals surface area (Å²) in [6, 6.07) is 3.12. The molecule has 0 fully saturated rings. The fourth-order valence-electron chi connectivity index (χ4n) is 1.34. The number of hydrogen-bond acceptors (Lipinski definition) is 0. The number of halogens is 3. The highest BCUT2D eigenvalue weighted by molar-refractivity contribution is 5.39. The van der Waals surface area contributed by atoms with Crippen molar-refractivity contribution in [2.45, 2.75) is 26.9 Å². The Morgan fingerprint density at radius 2 is 1.54 bits per heavy atom. The van der Waals surface area contributed by atoms with Gasteiger partial charge in [0.2, 0.25) is 0 Å². The van der Waals surface area contributed by atoms with Gasteiger partial charge in [-0.1, -0.05) is 12.1 Å². The van der Waals surface area contributed by atoms with Gasteiger partial charge in [0.25, 0.3) is 0 Å². The number of aryl methyl sites for hydroxylation is 1. The van der Waals surface area contributed by atoms with E-state index in [1.165, 1.54) is 6.07 Å². The summed E-state index contributed by atoms with van der Waals surface area (Å²) in [5, 5.41) is 0. The highest BCUT2D eigenvalue weighted by Gasteiger charge is 2.10. The average Bonchev–Trinajstić information content (AvgIpc) is 2.17. The Morgan fingerprint density at radius 1 is 0.923 bits per heavy atom. The minimum absolute atomic E-state index is 0.171. The summed E-state index contributed by atoms with van der Waals surface area (Å²) in [6.45, 7) is -0.596. The molecule has 1 aromatic rings. The quantitative estimate of drug-likeness (QED) is 0.681. The van der Waals surface area contributed by atoms with Gasteiger partial charge in [-0.25, -0.2) is 13.2 Å². The van der Waals surface area contributed by atoms with Gasteiger partial charge in [-0.3, -0.25) is 0 Å². The third kappa shape index (κ3) is 1.85. The SMILES string of the molecule is Cc1ccc(CF)c(CF)c1CF. The van der Waals surface area contributed by atoms with Crippen molar-refractivity contribution < 1.29 is 13.2 Å². The highest BCUT2D eigenvalue weighted by Crippen LogP contribution is 2.22. The summed E-state index contributed by atoms with van der Waals surface area (Å²) < 4.78 is 37.3. The Balaban J connectivity index is 3.27. The maximum atomic E-state index is 12.5. The molecule has 0 unspecified atom stereocenters. The lowest BCUT2D eigenvalue weighted by atomic mass is 9.99. The summed E-state index contributed by atoms with van der Waals surface area (Å²) in [7, 11) is 0. The smallest absolute Gasteiger partial charge is 0.115 e. The van der Waals surface area contributed by atoms with Gasteiger partial charge in [-0.05, 0) is 29.2 Å². The molecule has 0 bridgehead atoms. The molecule has 0 aliphatic carbocycles. The Morgan fingerprint density at radius 3 is 2.00 bits per heavy atom.